The molecular weight excluding hydrogens is 200 g/mol. The topological polar surface area (TPSA) is 35.5 Å². The van der Waals surface area contributed by atoms with Gasteiger partial charge in [-0.1, -0.05) is 19.3 Å². The first-order valence-electron chi connectivity index (χ1n) is 6.49. The zero-order chi connectivity index (χ0) is 12.2. The molecule has 3 nitrogen and oxygen atoms in total. The molecule has 3 heteroatoms. The molecule has 2 N–H and O–H groups in total. The van der Waals surface area contributed by atoms with Gasteiger partial charge in [0.2, 0.25) is 0 Å². The highest BCUT2D eigenvalue weighted by Gasteiger charge is 2.24. The van der Waals surface area contributed by atoms with Gasteiger partial charge in [-0.05, 0) is 40.3 Å². The fourth-order valence-electron chi connectivity index (χ4n) is 2.44. The van der Waals surface area contributed by atoms with Crippen molar-refractivity contribution in [3.8, 4) is 0 Å². The smallest absolute Gasteiger partial charge is 0.0869 e. The molecule has 1 saturated carbocycles. The van der Waals surface area contributed by atoms with Gasteiger partial charge >= 0.3 is 0 Å². The van der Waals surface area contributed by atoms with Crippen molar-refractivity contribution in [2.45, 2.75) is 51.2 Å². The van der Waals surface area contributed by atoms with Gasteiger partial charge in [0.15, 0.2) is 0 Å². The molecule has 0 aromatic rings. The van der Waals surface area contributed by atoms with E-state index >= 15 is 0 Å². The van der Waals surface area contributed by atoms with E-state index in [2.05, 4.69) is 12.2 Å². The third-order valence-electron chi connectivity index (χ3n) is 3.40. The van der Waals surface area contributed by atoms with E-state index in [0.29, 0.717) is 19.1 Å². The van der Waals surface area contributed by atoms with Crippen LogP contribution in [0.3, 0.4) is 0 Å². The highest BCUT2D eigenvalue weighted by Crippen LogP contribution is 2.30. The van der Waals surface area contributed by atoms with Gasteiger partial charge in [0, 0.05) is 19.1 Å². The van der Waals surface area contributed by atoms with Crippen LogP contribution in [0.4, 0.5) is 0 Å². The fraction of sp³-hybridized carbons (Fsp3) is 1.00. The number of nitrogens with one attached hydrogen (secondary N) is 1. The van der Waals surface area contributed by atoms with Crippen LogP contribution < -0.4 is 5.32 Å². The summed E-state index contributed by atoms with van der Waals surface area (Å²) in [6, 6.07) is 0.527. The van der Waals surface area contributed by atoms with E-state index in [-0.39, 0.29) is 0 Å². The molecule has 0 saturated heterocycles. The van der Waals surface area contributed by atoms with Gasteiger partial charge in [0.25, 0.3) is 0 Å². The molecule has 0 bridgehead atoms. The first-order valence-corrected chi connectivity index (χ1v) is 6.49. The second-order valence-electron chi connectivity index (χ2n) is 6.05. The summed E-state index contributed by atoms with van der Waals surface area (Å²) >= 11 is 0. The predicted molar refractivity (Wildman–Crippen MR) is 68.6 cm³/mol. The van der Waals surface area contributed by atoms with Gasteiger partial charge in [0.05, 0.1) is 5.60 Å². The molecule has 0 radical (unpaired) electrons. The van der Waals surface area contributed by atoms with Gasteiger partial charge in [-0.15, -0.1) is 0 Å². The monoisotopic (exact) mass is 228 g/mol. The van der Waals surface area contributed by atoms with E-state index in [1.807, 2.05) is 25.9 Å². The molecule has 1 fully saturated rings. The second kappa shape index (κ2) is 5.99. The standard InChI is InChI=1S/C13H28N2O/c1-11(8-12-6-5-7-12)14-9-13(2,16)10-15(3)4/h11-12,14,16H,5-10H2,1-4H3. The maximum Gasteiger partial charge on any atom is 0.0869 e. The predicted octanol–water partition coefficient (Wildman–Crippen LogP) is 1.47. The Morgan fingerprint density at radius 3 is 2.50 bits per heavy atom. The van der Waals surface area contributed by atoms with Crippen LogP contribution in [0.25, 0.3) is 0 Å². The van der Waals surface area contributed by atoms with Crippen LogP contribution in [0.2, 0.25) is 0 Å². The summed E-state index contributed by atoms with van der Waals surface area (Å²) in [5, 5.41) is 13.6. The molecule has 1 aliphatic rings. The van der Waals surface area contributed by atoms with Crippen molar-refractivity contribution in [1.82, 2.24) is 10.2 Å². The minimum absolute atomic E-state index is 0.527. The Morgan fingerprint density at radius 1 is 1.44 bits per heavy atom. The van der Waals surface area contributed by atoms with Gasteiger partial charge < -0.3 is 15.3 Å². The fourth-order valence-corrected chi connectivity index (χ4v) is 2.44. The maximum atomic E-state index is 10.1. The third-order valence-corrected chi connectivity index (χ3v) is 3.40. The lowest BCUT2D eigenvalue weighted by Crippen LogP contribution is -2.48. The summed E-state index contributed by atoms with van der Waals surface area (Å²) in [6.45, 7) is 5.51. The van der Waals surface area contributed by atoms with Crippen LogP contribution in [0, 0.1) is 5.92 Å². The second-order valence-corrected chi connectivity index (χ2v) is 6.05. The number of aliphatic hydroxyl groups is 1. The van der Waals surface area contributed by atoms with E-state index < -0.39 is 5.60 Å². The van der Waals surface area contributed by atoms with Crippen molar-refractivity contribution < 1.29 is 5.11 Å². The summed E-state index contributed by atoms with van der Waals surface area (Å²) in [5.41, 5.74) is -0.628. The zero-order valence-electron chi connectivity index (χ0n) is 11.3. The van der Waals surface area contributed by atoms with Gasteiger partial charge in [-0.25, -0.2) is 0 Å². The molecule has 96 valence electrons. The van der Waals surface area contributed by atoms with E-state index in [1.54, 1.807) is 0 Å². The average molecular weight is 228 g/mol. The first-order chi connectivity index (χ1) is 7.39. The normalized spacial score (nSPS) is 22.9. The summed E-state index contributed by atoms with van der Waals surface area (Å²) in [6.07, 6.45) is 5.48. The molecular formula is C13H28N2O. The molecule has 2 unspecified atom stereocenters. The Bertz CT molecular complexity index is 200. The largest absolute Gasteiger partial charge is 0.388 e. The van der Waals surface area contributed by atoms with E-state index in [9.17, 15) is 5.11 Å². The summed E-state index contributed by atoms with van der Waals surface area (Å²) < 4.78 is 0. The number of hydrogen-bond donors (Lipinski definition) is 2. The average Bonchev–Trinajstić information content (AvgIpc) is 2.06. The summed E-state index contributed by atoms with van der Waals surface area (Å²) in [4.78, 5) is 2.03. The van der Waals surface area contributed by atoms with Crippen LogP contribution in [0.1, 0.15) is 39.5 Å². The van der Waals surface area contributed by atoms with Crippen molar-refractivity contribution in [3.05, 3.63) is 0 Å². The molecule has 1 rings (SSSR count). The lowest BCUT2D eigenvalue weighted by Gasteiger charge is -2.32. The molecule has 16 heavy (non-hydrogen) atoms. The lowest BCUT2D eigenvalue weighted by atomic mass is 9.81. The number of hydrogen-bond acceptors (Lipinski definition) is 3. The SMILES string of the molecule is CC(CC1CCC1)NCC(C)(O)CN(C)C. The van der Waals surface area contributed by atoms with Crippen LogP contribution in [0.5, 0.6) is 0 Å². The molecule has 0 heterocycles. The van der Waals surface area contributed by atoms with Crippen molar-refractivity contribution in [3.63, 3.8) is 0 Å². The molecule has 0 amide bonds. The Balaban J connectivity index is 2.15. The van der Waals surface area contributed by atoms with Crippen LogP contribution >= 0.6 is 0 Å². The Hall–Kier alpha value is -0.120. The van der Waals surface area contributed by atoms with Crippen LogP contribution in [0.15, 0.2) is 0 Å². The van der Waals surface area contributed by atoms with E-state index in [0.717, 1.165) is 5.92 Å². The molecule has 0 aromatic heterocycles. The highest BCUT2D eigenvalue weighted by molar-refractivity contribution is 4.81. The minimum atomic E-state index is -0.628. The lowest BCUT2D eigenvalue weighted by molar-refractivity contribution is 0.0306. The molecule has 0 aromatic carbocycles. The van der Waals surface area contributed by atoms with E-state index in [4.69, 9.17) is 0 Å². The molecule has 0 aliphatic heterocycles. The zero-order valence-corrected chi connectivity index (χ0v) is 11.3. The third kappa shape index (κ3) is 5.28. The van der Waals surface area contributed by atoms with Crippen molar-refractivity contribution in [1.29, 1.82) is 0 Å². The molecule has 1 aliphatic carbocycles. The maximum absolute atomic E-state index is 10.1. The highest BCUT2D eigenvalue weighted by atomic mass is 16.3. The molecule has 2 atom stereocenters. The van der Waals surface area contributed by atoms with Gasteiger partial charge in [0.1, 0.15) is 0 Å². The van der Waals surface area contributed by atoms with Gasteiger partial charge in [-0.2, -0.15) is 0 Å². The van der Waals surface area contributed by atoms with Crippen molar-refractivity contribution in [2.24, 2.45) is 5.92 Å². The number of nitrogens with zero attached hydrogens (tertiary/aromatic N) is 1. The van der Waals surface area contributed by atoms with Crippen LogP contribution in [-0.4, -0.2) is 48.8 Å². The van der Waals surface area contributed by atoms with Crippen LogP contribution in [-0.2, 0) is 0 Å². The number of likely N-dealkylation sites (N-methyl/N-ethyl adjacent to an activating group) is 1. The van der Waals surface area contributed by atoms with Crippen molar-refractivity contribution >= 4 is 0 Å². The number of rotatable bonds is 7. The van der Waals surface area contributed by atoms with E-state index in [1.165, 1.54) is 25.7 Å². The van der Waals surface area contributed by atoms with Gasteiger partial charge in [-0.3, -0.25) is 0 Å². The Labute approximate surface area is 100 Å². The quantitative estimate of drug-likeness (QED) is 0.692. The van der Waals surface area contributed by atoms with Crippen molar-refractivity contribution in [2.75, 3.05) is 27.2 Å². The Morgan fingerprint density at radius 2 is 2.06 bits per heavy atom. The minimum Gasteiger partial charge on any atom is -0.388 e. The first kappa shape index (κ1) is 13.9. The summed E-state index contributed by atoms with van der Waals surface area (Å²) in [7, 11) is 3.98. The Kier molecular flexibility index (Phi) is 5.22. The molecule has 0 spiro atoms. The summed E-state index contributed by atoms with van der Waals surface area (Å²) in [5.74, 6) is 0.932.